The molecule has 0 atom stereocenters. The fraction of sp³-hybridized carbons (Fsp3) is 0.250. The van der Waals surface area contributed by atoms with Crippen molar-refractivity contribution < 1.29 is 13.9 Å². The van der Waals surface area contributed by atoms with E-state index in [-0.39, 0.29) is 15.7 Å². The molecule has 0 radical (unpaired) electrons. The van der Waals surface area contributed by atoms with Gasteiger partial charge in [0.05, 0.1) is 23.4 Å². The van der Waals surface area contributed by atoms with E-state index in [2.05, 4.69) is 20.9 Å². The van der Waals surface area contributed by atoms with E-state index in [1.54, 1.807) is 6.07 Å². The Balaban J connectivity index is 3.41. The van der Waals surface area contributed by atoms with Crippen LogP contribution in [0.3, 0.4) is 0 Å². The molecule has 1 N–H and O–H groups in total. The van der Waals surface area contributed by atoms with Crippen LogP contribution in [0, 0.1) is 11.3 Å². The molecule has 3 nitrogen and oxygen atoms in total. The maximum Gasteiger partial charge on any atom is 0.266 e. The fourth-order valence-electron chi connectivity index (χ4n) is 0.966. The number of alkyl halides is 2. The molecular formula is C8H5BrF2N2O. The first-order valence-corrected chi connectivity index (χ1v) is 4.37. The molecule has 0 aliphatic heterocycles. The lowest BCUT2D eigenvalue weighted by molar-refractivity contribution is 0.145. The van der Waals surface area contributed by atoms with Crippen LogP contribution in [0.1, 0.15) is 23.2 Å². The molecule has 0 fully saturated rings. The molecule has 0 amide bonds. The molecule has 1 rings (SSSR count). The summed E-state index contributed by atoms with van der Waals surface area (Å²) in [6.07, 6.45) is -1.63. The minimum atomic E-state index is -2.77. The van der Waals surface area contributed by atoms with Gasteiger partial charge in [0.15, 0.2) is 0 Å². The predicted octanol–water partition coefficient (Wildman–Crippen LogP) is 2.15. The molecule has 1 heterocycles. The van der Waals surface area contributed by atoms with Crippen LogP contribution in [0.5, 0.6) is 0 Å². The molecule has 1 aromatic heterocycles. The summed E-state index contributed by atoms with van der Waals surface area (Å²) >= 11 is 2.88. The molecule has 0 spiro atoms. The summed E-state index contributed by atoms with van der Waals surface area (Å²) in [7, 11) is 0. The molecule has 6 heteroatoms. The van der Waals surface area contributed by atoms with Crippen molar-refractivity contribution in [3.05, 3.63) is 27.5 Å². The summed E-state index contributed by atoms with van der Waals surface area (Å²) < 4.78 is 25.0. The Labute approximate surface area is 87.1 Å². The SMILES string of the molecule is N#Cc1cnc(CO)c(C(F)F)c1Br. The third-order valence-electron chi connectivity index (χ3n) is 1.62. The Kier molecular flexibility index (Phi) is 3.49. The van der Waals surface area contributed by atoms with Crippen LogP contribution < -0.4 is 0 Å². The van der Waals surface area contributed by atoms with Gasteiger partial charge in [0.1, 0.15) is 6.07 Å². The van der Waals surface area contributed by atoms with Crippen LogP contribution in [0.15, 0.2) is 10.7 Å². The van der Waals surface area contributed by atoms with Crippen molar-refractivity contribution in [1.82, 2.24) is 4.98 Å². The zero-order chi connectivity index (χ0) is 10.7. The molecule has 14 heavy (non-hydrogen) atoms. The highest BCUT2D eigenvalue weighted by molar-refractivity contribution is 9.10. The number of halogens is 3. The van der Waals surface area contributed by atoms with Gasteiger partial charge in [0.25, 0.3) is 6.43 Å². The van der Waals surface area contributed by atoms with E-state index in [1.807, 2.05) is 0 Å². The van der Waals surface area contributed by atoms with E-state index in [0.29, 0.717) is 0 Å². The second kappa shape index (κ2) is 4.44. The third kappa shape index (κ3) is 1.89. The highest BCUT2D eigenvalue weighted by atomic mass is 79.9. The topological polar surface area (TPSA) is 56.9 Å². The van der Waals surface area contributed by atoms with Gasteiger partial charge in [-0.05, 0) is 15.9 Å². The lowest BCUT2D eigenvalue weighted by atomic mass is 10.1. The average molecular weight is 263 g/mol. The molecule has 0 bridgehead atoms. The Morgan fingerprint density at radius 3 is 2.71 bits per heavy atom. The summed E-state index contributed by atoms with van der Waals surface area (Å²) in [4.78, 5) is 3.57. The summed E-state index contributed by atoms with van der Waals surface area (Å²) in [5, 5.41) is 17.3. The van der Waals surface area contributed by atoms with Gasteiger partial charge < -0.3 is 5.11 Å². The number of rotatable bonds is 2. The van der Waals surface area contributed by atoms with Crippen molar-refractivity contribution in [2.24, 2.45) is 0 Å². The van der Waals surface area contributed by atoms with Crippen molar-refractivity contribution in [1.29, 1.82) is 5.26 Å². The first kappa shape index (κ1) is 11.0. The molecule has 0 unspecified atom stereocenters. The molecule has 0 saturated carbocycles. The smallest absolute Gasteiger partial charge is 0.266 e. The number of aromatic nitrogens is 1. The Hall–Kier alpha value is -1.06. The molecule has 1 aromatic rings. The zero-order valence-electron chi connectivity index (χ0n) is 6.84. The molecular weight excluding hydrogens is 258 g/mol. The number of hydrogen-bond donors (Lipinski definition) is 1. The maximum atomic E-state index is 12.5. The molecule has 0 aromatic carbocycles. The predicted molar refractivity (Wildman–Crippen MR) is 47.5 cm³/mol. The summed E-state index contributed by atoms with van der Waals surface area (Å²) in [6, 6.07) is 1.72. The van der Waals surface area contributed by atoms with Crippen LogP contribution in [0.2, 0.25) is 0 Å². The maximum absolute atomic E-state index is 12.5. The molecule has 0 aliphatic rings. The molecule has 0 saturated heterocycles. The number of hydrogen-bond acceptors (Lipinski definition) is 3. The fourth-order valence-corrected chi connectivity index (χ4v) is 1.56. The van der Waals surface area contributed by atoms with Crippen LogP contribution >= 0.6 is 15.9 Å². The highest BCUT2D eigenvalue weighted by Crippen LogP contribution is 2.31. The Bertz CT molecular complexity index is 390. The standard InChI is InChI=1S/C8H5BrF2N2O/c9-7-4(1-12)2-13-5(3-14)6(7)8(10)11/h2,8,14H,3H2. The second-order valence-electron chi connectivity index (χ2n) is 2.42. The lowest BCUT2D eigenvalue weighted by Crippen LogP contribution is -2.01. The first-order chi connectivity index (χ1) is 6.61. The molecule has 0 aliphatic carbocycles. The summed E-state index contributed by atoms with van der Waals surface area (Å²) in [5.41, 5.74) is -0.519. The lowest BCUT2D eigenvalue weighted by Gasteiger charge is -2.08. The van der Waals surface area contributed by atoms with E-state index in [4.69, 9.17) is 10.4 Å². The number of nitrogens with zero attached hydrogens (tertiary/aromatic N) is 2. The van der Waals surface area contributed by atoms with Gasteiger partial charge in [-0.15, -0.1) is 0 Å². The van der Waals surface area contributed by atoms with Gasteiger partial charge in [-0.25, -0.2) is 8.78 Å². The van der Waals surface area contributed by atoms with Gasteiger partial charge in [0.2, 0.25) is 0 Å². The minimum Gasteiger partial charge on any atom is -0.390 e. The van der Waals surface area contributed by atoms with E-state index in [0.717, 1.165) is 6.20 Å². The normalized spacial score (nSPS) is 10.3. The van der Waals surface area contributed by atoms with E-state index in [9.17, 15) is 8.78 Å². The monoisotopic (exact) mass is 262 g/mol. The zero-order valence-corrected chi connectivity index (χ0v) is 8.42. The van der Waals surface area contributed by atoms with E-state index >= 15 is 0 Å². The average Bonchev–Trinajstić information content (AvgIpc) is 2.16. The van der Waals surface area contributed by atoms with Gasteiger partial charge in [-0.1, -0.05) is 0 Å². The van der Waals surface area contributed by atoms with Gasteiger partial charge in [0, 0.05) is 10.7 Å². The Morgan fingerprint density at radius 2 is 2.29 bits per heavy atom. The van der Waals surface area contributed by atoms with Crippen molar-refractivity contribution in [3.63, 3.8) is 0 Å². The van der Waals surface area contributed by atoms with Crippen molar-refractivity contribution in [3.8, 4) is 6.07 Å². The second-order valence-corrected chi connectivity index (χ2v) is 3.21. The number of aliphatic hydroxyl groups is 1. The Morgan fingerprint density at radius 1 is 1.64 bits per heavy atom. The van der Waals surface area contributed by atoms with Crippen LogP contribution in [-0.2, 0) is 6.61 Å². The highest BCUT2D eigenvalue weighted by Gasteiger charge is 2.20. The number of pyridine rings is 1. The van der Waals surface area contributed by atoms with Crippen molar-refractivity contribution in [2.45, 2.75) is 13.0 Å². The quantitative estimate of drug-likeness (QED) is 0.889. The summed E-state index contributed by atoms with van der Waals surface area (Å²) in [5.74, 6) is 0. The van der Waals surface area contributed by atoms with E-state index in [1.165, 1.54) is 0 Å². The number of aliphatic hydroxyl groups excluding tert-OH is 1. The van der Waals surface area contributed by atoms with Gasteiger partial charge >= 0.3 is 0 Å². The van der Waals surface area contributed by atoms with Crippen molar-refractivity contribution >= 4 is 15.9 Å². The molecule has 74 valence electrons. The number of nitriles is 1. The van der Waals surface area contributed by atoms with Gasteiger partial charge in [-0.3, -0.25) is 4.98 Å². The van der Waals surface area contributed by atoms with E-state index < -0.39 is 18.6 Å². The van der Waals surface area contributed by atoms with Gasteiger partial charge in [-0.2, -0.15) is 5.26 Å². The van der Waals surface area contributed by atoms with Crippen LogP contribution in [-0.4, -0.2) is 10.1 Å². The van der Waals surface area contributed by atoms with Crippen molar-refractivity contribution in [2.75, 3.05) is 0 Å². The van der Waals surface area contributed by atoms with Crippen LogP contribution in [0.25, 0.3) is 0 Å². The largest absolute Gasteiger partial charge is 0.390 e. The third-order valence-corrected chi connectivity index (χ3v) is 2.48. The van der Waals surface area contributed by atoms with Crippen LogP contribution in [0.4, 0.5) is 8.78 Å². The summed E-state index contributed by atoms with van der Waals surface area (Å²) in [6.45, 7) is -0.579. The first-order valence-electron chi connectivity index (χ1n) is 3.58. The minimum absolute atomic E-state index is 0.00551.